The van der Waals surface area contributed by atoms with E-state index in [0.29, 0.717) is 0 Å². The quantitative estimate of drug-likeness (QED) is 0.930. The van der Waals surface area contributed by atoms with E-state index in [9.17, 15) is 0 Å². The first kappa shape index (κ1) is 9.96. The van der Waals surface area contributed by atoms with Gasteiger partial charge in [0, 0.05) is 15.8 Å². The summed E-state index contributed by atoms with van der Waals surface area (Å²) in [5, 5.41) is 2.05. The zero-order valence-corrected chi connectivity index (χ0v) is 9.85. The molecule has 0 aliphatic heterocycles. The Labute approximate surface area is 94.9 Å². The smallest absolute Gasteiger partial charge is 0.120 e. The molecule has 1 unspecified atom stereocenters. The Bertz CT molecular complexity index is 396. The molecule has 2 heterocycles. The number of furan rings is 1. The number of thiophene rings is 1. The van der Waals surface area contributed by atoms with Crippen molar-refractivity contribution in [2.24, 2.45) is 5.73 Å². The zero-order valence-electron chi connectivity index (χ0n) is 7.44. The molecule has 0 radical (unpaired) electrons. The minimum Gasteiger partial charge on any atom is -0.468 e. The third kappa shape index (κ3) is 2.08. The van der Waals surface area contributed by atoms with Gasteiger partial charge in [-0.25, -0.2) is 0 Å². The highest BCUT2D eigenvalue weighted by atomic mass is 79.9. The topological polar surface area (TPSA) is 39.2 Å². The minimum absolute atomic E-state index is 0.0556. The van der Waals surface area contributed by atoms with E-state index in [1.807, 2.05) is 23.6 Å². The predicted molar refractivity (Wildman–Crippen MR) is 61.4 cm³/mol. The van der Waals surface area contributed by atoms with E-state index in [1.165, 1.54) is 4.88 Å². The van der Waals surface area contributed by atoms with E-state index < -0.39 is 0 Å². The maximum absolute atomic E-state index is 5.99. The second-order valence-corrected chi connectivity index (χ2v) is 4.87. The first-order valence-electron chi connectivity index (χ1n) is 4.28. The van der Waals surface area contributed by atoms with Crippen molar-refractivity contribution in [2.45, 2.75) is 12.5 Å². The lowest BCUT2D eigenvalue weighted by Gasteiger charge is -2.06. The average molecular weight is 272 g/mol. The Kier molecular flexibility index (Phi) is 3.05. The molecule has 14 heavy (non-hydrogen) atoms. The number of rotatable bonds is 3. The summed E-state index contributed by atoms with van der Waals surface area (Å²) in [4.78, 5) is 1.26. The molecular formula is C10H10BrNOS. The molecule has 2 rings (SSSR count). The van der Waals surface area contributed by atoms with Crippen molar-refractivity contribution in [1.29, 1.82) is 0 Å². The van der Waals surface area contributed by atoms with E-state index in [4.69, 9.17) is 10.2 Å². The van der Waals surface area contributed by atoms with E-state index in [0.717, 1.165) is 16.7 Å². The van der Waals surface area contributed by atoms with Crippen LogP contribution in [0.1, 0.15) is 16.7 Å². The van der Waals surface area contributed by atoms with Crippen LogP contribution in [0.2, 0.25) is 0 Å². The van der Waals surface area contributed by atoms with Gasteiger partial charge in [-0.2, -0.15) is 0 Å². The van der Waals surface area contributed by atoms with Crippen molar-refractivity contribution < 1.29 is 4.42 Å². The van der Waals surface area contributed by atoms with Gasteiger partial charge in [0.05, 0.1) is 12.3 Å². The van der Waals surface area contributed by atoms with Gasteiger partial charge >= 0.3 is 0 Å². The molecule has 0 bridgehead atoms. The lowest BCUT2D eigenvalue weighted by atomic mass is 10.1. The van der Waals surface area contributed by atoms with Crippen molar-refractivity contribution in [3.63, 3.8) is 0 Å². The summed E-state index contributed by atoms with van der Waals surface area (Å²) in [6.07, 6.45) is 2.46. The molecule has 0 saturated carbocycles. The van der Waals surface area contributed by atoms with Crippen molar-refractivity contribution in [2.75, 3.05) is 0 Å². The van der Waals surface area contributed by atoms with Crippen LogP contribution in [0.5, 0.6) is 0 Å². The summed E-state index contributed by atoms with van der Waals surface area (Å²) in [6.45, 7) is 0. The van der Waals surface area contributed by atoms with Crippen molar-refractivity contribution in [1.82, 2.24) is 0 Å². The van der Waals surface area contributed by atoms with Crippen molar-refractivity contribution in [3.8, 4) is 0 Å². The maximum Gasteiger partial charge on any atom is 0.120 e. The van der Waals surface area contributed by atoms with Crippen LogP contribution in [0.15, 0.2) is 38.7 Å². The van der Waals surface area contributed by atoms with Crippen LogP contribution < -0.4 is 5.73 Å². The van der Waals surface area contributed by atoms with Crippen LogP contribution in [-0.4, -0.2) is 0 Å². The van der Waals surface area contributed by atoms with Crippen LogP contribution in [-0.2, 0) is 6.42 Å². The van der Waals surface area contributed by atoms with Gasteiger partial charge in [0.2, 0.25) is 0 Å². The molecule has 4 heteroatoms. The Morgan fingerprint density at radius 2 is 2.36 bits per heavy atom. The summed E-state index contributed by atoms with van der Waals surface area (Å²) in [5.41, 5.74) is 5.99. The summed E-state index contributed by atoms with van der Waals surface area (Å²) < 4.78 is 6.38. The molecule has 2 N–H and O–H groups in total. The summed E-state index contributed by atoms with van der Waals surface area (Å²) in [5.74, 6) is 0.838. The van der Waals surface area contributed by atoms with Crippen molar-refractivity contribution >= 4 is 27.3 Å². The van der Waals surface area contributed by atoms with Gasteiger partial charge in [-0.1, -0.05) is 0 Å². The molecule has 2 aromatic rings. The van der Waals surface area contributed by atoms with Gasteiger partial charge in [0.1, 0.15) is 5.76 Å². The van der Waals surface area contributed by atoms with Gasteiger partial charge in [-0.05, 0) is 39.5 Å². The standard InChI is InChI=1S/C10H10BrNOS/c11-7-3-5-14-10(7)6-8(12)9-2-1-4-13-9/h1-5,8H,6,12H2. The van der Waals surface area contributed by atoms with Gasteiger partial charge in [0.15, 0.2) is 0 Å². The predicted octanol–water partition coefficient (Wildman–Crippen LogP) is 3.35. The molecule has 2 nitrogen and oxygen atoms in total. The van der Waals surface area contributed by atoms with Crippen LogP contribution in [0.25, 0.3) is 0 Å². The third-order valence-corrected chi connectivity index (χ3v) is 3.95. The fourth-order valence-corrected chi connectivity index (χ4v) is 2.85. The molecule has 0 aliphatic rings. The van der Waals surface area contributed by atoms with Crippen LogP contribution >= 0.6 is 27.3 Å². The van der Waals surface area contributed by atoms with Crippen LogP contribution in [0, 0.1) is 0 Å². The molecular weight excluding hydrogens is 262 g/mol. The van der Waals surface area contributed by atoms with Crippen LogP contribution in [0.4, 0.5) is 0 Å². The first-order valence-corrected chi connectivity index (χ1v) is 5.95. The van der Waals surface area contributed by atoms with E-state index >= 15 is 0 Å². The minimum atomic E-state index is -0.0556. The largest absolute Gasteiger partial charge is 0.468 e. The number of halogens is 1. The normalized spacial score (nSPS) is 13.0. The van der Waals surface area contributed by atoms with E-state index in [1.54, 1.807) is 17.6 Å². The Morgan fingerprint density at radius 3 is 2.93 bits per heavy atom. The van der Waals surface area contributed by atoms with Gasteiger partial charge in [-0.15, -0.1) is 11.3 Å². The summed E-state index contributed by atoms with van der Waals surface area (Å²) in [7, 11) is 0. The lowest BCUT2D eigenvalue weighted by molar-refractivity contribution is 0.465. The maximum atomic E-state index is 5.99. The molecule has 0 saturated heterocycles. The zero-order chi connectivity index (χ0) is 9.97. The number of nitrogens with two attached hydrogens (primary N) is 1. The monoisotopic (exact) mass is 271 g/mol. The second-order valence-electron chi connectivity index (χ2n) is 3.02. The molecule has 74 valence electrons. The second kappa shape index (κ2) is 4.29. The molecule has 0 amide bonds. The number of hydrogen-bond acceptors (Lipinski definition) is 3. The molecule has 0 spiro atoms. The SMILES string of the molecule is NC(Cc1sccc1Br)c1ccco1. The number of hydrogen-bond donors (Lipinski definition) is 1. The highest BCUT2D eigenvalue weighted by Crippen LogP contribution is 2.27. The summed E-state index contributed by atoms with van der Waals surface area (Å²) in [6, 6.07) is 5.75. The fraction of sp³-hybridized carbons (Fsp3) is 0.200. The highest BCUT2D eigenvalue weighted by Gasteiger charge is 2.12. The fourth-order valence-electron chi connectivity index (χ4n) is 1.27. The molecule has 2 aromatic heterocycles. The lowest BCUT2D eigenvalue weighted by Crippen LogP contribution is -2.11. The molecule has 1 atom stereocenters. The Morgan fingerprint density at radius 1 is 1.50 bits per heavy atom. The average Bonchev–Trinajstić information content (AvgIpc) is 2.77. The summed E-state index contributed by atoms with van der Waals surface area (Å²) >= 11 is 5.19. The van der Waals surface area contributed by atoms with Gasteiger partial charge < -0.3 is 10.2 Å². The Balaban J connectivity index is 2.09. The van der Waals surface area contributed by atoms with E-state index in [2.05, 4.69) is 15.9 Å². The molecule has 0 aromatic carbocycles. The van der Waals surface area contributed by atoms with E-state index in [-0.39, 0.29) is 6.04 Å². The van der Waals surface area contributed by atoms with Gasteiger partial charge in [0.25, 0.3) is 0 Å². The Hall–Kier alpha value is -0.580. The van der Waals surface area contributed by atoms with Crippen molar-refractivity contribution in [3.05, 3.63) is 45.0 Å². The molecule has 0 aliphatic carbocycles. The first-order chi connectivity index (χ1) is 6.77. The molecule has 0 fully saturated rings. The highest BCUT2D eigenvalue weighted by molar-refractivity contribution is 9.10. The third-order valence-electron chi connectivity index (χ3n) is 2.00. The van der Waals surface area contributed by atoms with Crippen LogP contribution in [0.3, 0.4) is 0 Å². The van der Waals surface area contributed by atoms with Gasteiger partial charge in [-0.3, -0.25) is 0 Å².